The van der Waals surface area contributed by atoms with Crippen LogP contribution >= 0.6 is 0 Å². The van der Waals surface area contributed by atoms with Gasteiger partial charge in [-0.3, -0.25) is 9.59 Å². The SMILES string of the molecule is CCc1cccc(OCC(=O)Nc2ccc3c(c2)OCC(=O)N3CC(C)C)c1. The zero-order chi connectivity index (χ0) is 20.1. The summed E-state index contributed by atoms with van der Waals surface area (Å²) in [4.78, 5) is 26.1. The molecule has 1 aliphatic heterocycles. The molecular weight excluding hydrogens is 356 g/mol. The molecular formula is C22H26N2O4. The Morgan fingerprint density at radius 1 is 1.25 bits per heavy atom. The molecule has 0 saturated carbocycles. The van der Waals surface area contributed by atoms with Gasteiger partial charge in [0.25, 0.3) is 11.8 Å². The summed E-state index contributed by atoms with van der Waals surface area (Å²) in [5.41, 5.74) is 2.49. The van der Waals surface area contributed by atoms with Gasteiger partial charge in [0.05, 0.1) is 5.69 Å². The van der Waals surface area contributed by atoms with Crippen molar-refractivity contribution in [3.8, 4) is 11.5 Å². The highest BCUT2D eigenvalue weighted by atomic mass is 16.5. The van der Waals surface area contributed by atoms with E-state index in [9.17, 15) is 9.59 Å². The molecule has 6 nitrogen and oxygen atoms in total. The zero-order valence-corrected chi connectivity index (χ0v) is 16.5. The Bertz CT molecular complexity index is 863. The third-order valence-electron chi connectivity index (χ3n) is 4.41. The number of amides is 2. The average molecular weight is 382 g/mol. The Kier molecular flexibility index (Phi) is 6.19. The van der Waals surface area contributed by atoms with E-state index >= 15 is 0 Å². The van der Waals surface area contributed by atoms with E-state index in [0.717, 1.165) is 17.7 Å². The largest absolute Gasteiger partial charge is 0.484 e. The van der Waals surface area contributed by atoms with Crippen LogP contribution in [-0.2, 0) is 16.0 Å². The lowest BCUT2D eigenvalue weighted by molar-refractivity contribution is -0.121. The molecule has 0 aliphatic carbocycles. The van der Waals surface area contributed by atoms with Gasteiger partial charge in [-0.15, -0.1) is 0 Å². The van der Waals surface area contributed by atoms with Crippen molar-refractivity contribution in [2.45, 2.75) is 27.2 Å². The van der Waals surface area contributed by atoms with Crippen LogP contribution in [0, 0.1) is 5.92 Å². The summed E-state index contributed by atoms with van der Waals surface area (Å²) in [5.74, 6) is 1.30. The van der Waals surface area contributed by atoms with Gasteiger partial charge in [0.15, 0.2) is 13.2 Å². The van der Waals surface area contributed by atoms with Gasteiger partial charge >= 0.3 is 0 Å². The fourth-order valence-electron chi connectivity index (χ4n) is 3.05. The molecule has 1 heterocycles. The van der Waals surface area contributed by atoms with Crippen molar-refractivity contribution in [1.29, 1.82) is 0 Å². The number of carbonyl (C=O) groups excluding carboxylic acids is 2. The second-order valence-corrected chi connectivity index (χ2v) is 7.21. The monoisotopic (exact) mass is 382 g/mol. The van der Waals surface area contributed by atoms with Crippen LogP contribution in [-0.4, -0.2) is 31.6 Å². The second kappa shape index (κ2) is 8.78. The molecule has 0 saturated heterocycles. The molecule has 2 aromatic rings. The van der Waals surface area contributed by atoms with Gasteiger partial charge in [0.1, 0.15) is 11.5 Å². The van der Waals surface area contributed by atoms with Crippen LogP contribution in [0.5, 0.6) is 11.5 Å². The lowest BCUT2D eigenvalue weighted by atomic mass is 10.1. The summed E-state index contributed by atoms with van der Waals surface area (Å²) >= 11 is 0. The summed E-state index contributed by atoms with van der Waals surface area (Å²) in [6, 6.07) is 13.0. The maximum absolute atomic E-state index is 12.2. The van der Waals surface area contributed by atoms with Crippen LogP contribution < -0.4 is 19.7 Å². The number of ether oxygens (including phenoxy) is 2. The predicted molar refractivity (Wildman–Crippen MR) is 109 cm³/mol. The minimum Gasteiger partial charge on any atom is -0.484 e. The maximum Gasteiger partial charge on any atom is 0.265 e. The second-order valence-electron chi connectivity index (χ2n) is 7.21. The highest BCUT2D eigenvalue weighted by Gasteiger charge is 2.26. The van der Waals surface area contributed by atoms with Crippen LogP contribution in [0.1, 0.15) is 26.3 Å². The van der Waals surface area contributed by atoms with Crippen molar-refractivity contribution in [2.75, 3.05) is 30.0 Å². The Balaban J connectivity index is 1.63. The van der Waals surface area contributed by atoms with Crippen molar-refractivity contribution < 1.29 is 19.1 Å². The van der Waals surface area contributed by atoms with Gasteiger partial charge in [-0.2, -0.15) is 0 Å². The quantitative estimate of drug-likeness (QED) is 0.794. The average Bonchev–Trinajstić information content (AvgIpc) is 2.68. The van der Waals surface area contributed by atoms with E-state index in [2.05, 4.69) is 26.1 Å². The molecule has 3 rings (SSSR count). The van der Waals surface area contributed by atoms with E-state index in [1.165, 1.54) is 0 Å². The summed E-state index contributed by atoms with van der Waals surface area (Å²) in [5, 5.41) is 2.81. The first-order valence-electron chi connectivity index (χ1n) is 9.55. The number of hydrogen-bond donors (Lipinski definition) is 1. The first kappa shape index (κ1) is 19.7. The standard InChI is InChI=1S/C22H26N2O4/c1-4-16-6-5-7-18(10-16)27-13-21(25)23-17-8-9-19-20(11-17)28-14-22(26)24(19)12-15(2)3/h5-11,15H,4,12-14H2,1-3H3,(H,23,25). The number of rotatable bonds is 7. The van der Waals surface area contributed by atoms with Gasteiger partial charge in [0.2, 0.25) is 0 Å². The third kappa shape index (κ3) is 4.82. The van der Waals surface area contributed by atoms with Crippen molar-refractivity contribution in [1.82, 2.24) is 0 Å². The lowest BCUT2D eigenvalue weighted by Crippen LogP contribution is -2.40. The summed E-state index contributed by atoms with van der Waals surface area (Å²) in [7, 11) is 0. The third-order valence-corrected chi connectivity index (χ3v) is 4.41. The van der Waals surface area contributed by atoms with Gasteiger partial charge in [-0.1, -0.05) is 32.9 Å². The molecule has 0 fully saturated rings. The lowest BCUT2D eigenvalue weighted by Gasteiger charge is -2.31. The maximum atomic E-state index is 12.2. The van der Waals surface area contributed by atoms with Gasteiger partial charge in [-0.05, 0) is 42.2 Å². The Hall–Kier alpha value is -3.02. The molecule has 0 radical (unpaired) electrons. The minimum absolute atomic E-state index is 0.00794. The van der Waals surface area contributed by atoms with Crippen molar-refractivity contribution in [3.05, 3.63) is 48.0 Å². The fourth-order valence-corrected chi connectivity index (χ4v) is 3.05. The molecule has 1 aliphatic rings. The molecule has 0 atom stereocenters. The molecule has 1 N–H and O–H groups in total. The van der Waals surface area contributed by atoms with Crippen LogP contribution in [0.25, 0.3) is 0 Å². The molecule has 0 spiro atoms. The van der Waals surface area contributed by atoms with Crippen molar-refractivity contribution >= 4 is 23.2 Å². The molecule has 2 aromatic carbocycles. The van der Waals surface area contributed by atoms with E-state index in [1.54, 1.807) is 23.1 Å². The number of nitrogens with one attached hydrogen (secondary N) is 1. The highest BCUT2D eigenvalue weighted by molar-refractivity contribution is 5.99. The van der Waals surface area contributed by atoms with Crippen LogP contribution in [0.2, 0.25) is 0 Å². The van der Waals surface area contributed by atoms with Gasteiger partial charge in [0, 0.05) is 18.3 Å². The van der Waals surface area contributed by atoms with Gasteiger partial charge < -0.3 is 19.7 Å². The van der Waals surface area contributed by atoms with Crippen molar-refractivity contribution in [2.24, 2.45) is 5.92 Å². The first-order valence-corrected chi connectivity index (χ1v) is 9.55. The number of aryl methyl sites for hydroxylation is 1. The van der Waals surface area contributed by atoms with Crippen LogP contribution in [0.3, 0.4) is 0 Å². The highest BCUT2D eigenvalue weighted by Crippen LogP contribution is 2.35. The van der Waals surface area contributed by atoms with Crippen molar-refractivity contribution in [3.63, 3.8) is 0 Å². The zero-order valence-electron chi connectivity index (χ0n) is 16.5. The van der Waals surface area contributed by atoms with E-state index in [0.29, 0.717) is 29.6 Å². The minimum atomic E-state index is -0.257. The summed E-state index contributed by atoms with van der Waals surface area (Å²) in [6.07, 6.45) is 0.912. The number of benzene rings is 2. The van der Waals surface area contributed by atoms with E-state index < -0.39 is 0 Å². The van der Waals surface area contributed by atoms with E-state index in [-0.39, 0.29) is 25.0 Å². The fraction of sp³-hybridized carbons (Fsp3) is 0.364. The molecule has 28 heavy (non-hydrogen) atoms. The molecule has 148 valence electrons. The van der Waals surface area contributed by atoms with Gasteiger partial charge in [-0.25, -0.2) is 0 Å². The van der Waals surface area contributed by atoms with Crippen LogP contribution in [0.15, 0.2) is 42.5 Å². The predicted octanol–water partition coefficient (Wildman–Crippen LogP) is 3.65. The smallest absolute Gasteiger partial charge is 0.265 e. The van der Waals surface area contributed by atoms with E-state index in [4.69, 9.17) is 9.47 Å². The number of carbonyl (C=O) groups is 2. The molecule has 0 unspecified atom stereocenters. The number of nitrogens with zero attached hydrogens (tertiary/aromatic N) is 1. The summed E-state index contributed by atoms with van der Waals surface area (Å²) in [6.45, 7) is 6.75. The molecule has 0 bridgehead atoms. The number of anilines is 2. The Morgan fingerprint density at radius 3 is 2.82 bits per heavy atom. The normalized spacial score (nSPS) is 13.1. The Morgan fingerprint density at radius 2 is 2.07 bits per heavy atom. The molecule has 6 heteroatoms. The van der Waals surface area contributed by atoms with Crippen LogP contribution in [0.4, 0.5) is 11.4 Å². The molecule has 0 aromatic heterocycles. The topological polar surface area (TPSA) is 67.9 Å². The summed E-state index contributed by atoms with van der Waals surface area (Å²) < 4.78 is 11.1. The van der Waals surface area contributed by atoms with E-state index in [1.807, 2.05) is 24.3 Å². The Labute approximate surface area is 165 Å². The first-order chi connectivity index (χ1) is 13.5. The molecule has 2 amide bonds. The number of hydrogen-bond acceptors (Lipinski definition) is 4. The number of fused-ring (bicyclic) bond motifs is 1.